The average Bonchev–Trinajstić information content (AvgIpc) is 2.68. The molecule has 0 unspecified atom stereocenters. The number of nitrogens with one attached hydrogen (secondary N) is 1. The van der Waals surface area contributed by atoms with Gasteiger partial charge in [0, 0.05) is 11.6 Å². The maximum absolute atomic E-state index is 12.7. The van der Waals surface area contributed by atoms with E-state index in [1.165, 1.54) is 0 Å². The summed E-state index contributed by atoms with van der Waals surface area (Å²) in [5.74, 6) is -1.42. The van der Waals surface area contributed by atoms with Gasteiger partial charge in [0.1, 0.15) is 28.9 Å². The van der Waals surface area contributed by atoms with Gasteiger partial charge in [-0.05, 0) is 37.3 Å². The quantitative estimate of drug-likeness (QED) is 0.354. The Hall–Kier alpha value is -3.74. The maximum atomic E-state index is 12.7. The summed E-state index contributed by atoms with van der Waals surface area (Å²) in [4.78, 5) is 12.5. The zero-order chi connectivity index (χ0) is 22.1. The van der Waals surface area contributed by atoms with E-state index in [1.807, 2.05) is 0 Å². The van der Waals surface area contributed by atoms with E-state index < -0.39 is 36.2 Å². The van der Waals surface area contributed by atoms with Crippen LogP contribution < -0.4 is 19.5 Å². The molecular weight excluding hydrogens is 408 g/mol. The predicted molar refractivity (Wildman–Crippen MR) is 99.5 cm³/mol. The van der Waals surface area contributed by atoms with Crippen LogP contribution in [0.5, 0.6) is 17.2 Å². The van der Waals surface area contributed by atoms with E-state index in [2.05, 4.69) is 14.8 Å². The van der Waals surface area contributed by atoms with Crippen molar-refractivity contribution in [2.24, 2.45) is 0 Å². The van der Waals surface area contributed by atoms with Crippen molar-refractivity contribution in [3.8, 4) is 23.3 Å². The van der Waals surface area contributed by atoms with Gasteiger partial charge in [-0.3, -0.25) is 4.79 Å². The summed E-state index contributed by atoms with van der Waals surface area (Å²) >= 11 is 0. The molecule has 0 spiro atoms. The number of hydrogen-bond acceptors (Lipinski definition) is 5. The van der Waals surface area contributed by atoms with Crippen molar-refractivity contribution < 1.29 is 36.6 Å². The van der Waals surface area contributed by atoms with Crippen molar-refractivity contribution in [1.29, 1.82) is 5.26 Å². The molecule has 0 bridgehead atoms. The first kappa shape index (κ1) is 22.5. The van der Waals surface area contributed by atoms with Crippen LogP contribution in [0.3, 0.4) is 0 Å². The van der Waals surface area contributed by atoms with Crippen LogP contribution >= 0.6 is 0 Å². The highest BCUT2D eigenvalue weighted by Crippen LogP contribution is 2.30. The third kappa shape index (κ3) is 6.41. The van der Waals surface area contributed by atoms with Gasteiger partial charge in [-0.1, -0.05) is 12.1 Å². The second kappa shape index (κ2) is 10.7. The van der Waals surface area contributed by atoms with Gasteiger partial charge >= 0.3 is 13.2 Å². The number of carbonyl (C=O) groups excluding carboxylic acids is 1. The van der Waals surface area contributed by atoms with Crippen LogP contribution in [0.25, 0.3) is 6.08 Å². The Morgan fingerprint density at radius 3 is 2.43 bits per heavy atom. The Morgan fingerprint density at radius 2 is 1.80 bits per heavy atom. The van der Waals surface area contributed by atoms with Gasteiger partial charge in [-0.2, -0.15) is 22.8 Å². The SMILES string of the molecule is CCOc1ccccc1NC(=O)/C(C#N)=C/c1ccc(OC(F)F)cc1OC(F)F. The average molecular weight is 424 g/mol. The first-order chi connectivity index (χ1) is 14.3. The van der Waals surface area contributed by atoms with Crippen LogP contribution in [-0.4, -0.2) is 25.7 Å². The molecule has 0 aromatic heterocycles. The van der Waals surface area contributed by atoms with Gasteiger partial charge in [-0.25, -0.2) is 0 Å². The van der Waals surface area contributed by atoms with Crippen LogP contribution in [-0.2, 0) is 4.79 Å². The van der Waals surface area contributed by atoms with Crippen molar-refractivity contribution in [1.82, 2.24) is 0 Å². The van der Waals surface area contributed by atoms with Crippen molar-refractivity contribution >= 4 is 17.7 Å². The lowest BCUT2D eigenvalue weighted by Gasteiger charge is -2.12. The Morgan fingerprint density at radius 1 is 1.10 bits per heavy atom. The molecule has 1 N–H and O–H groups in total. The zero-order valence-electron chi connectivity index (χ0n) is 15.6. The third-order valence-corrected chi connectivity index (χ3v) is 3.53. The number of carbonyl (C=O) groups is 1. The second-order valence-corrected chi connectivity index (χ2v) is 5.51. The maximum Gasteiger partial charge on any atom is 0.387 e. The van der Waals surface area contributed by atoms with Crippen LogP contribution in [0.2, 0.25) is 0 Å². The minimum absolute atomic E-state index is 0.110. The van der Waals surface area contributed by atoms with Gasteiger partial charge in [0.05, 0.1) is 12.3 Å². The van der Waals surface area contributed by atoms with E-state index in [0.717, 1.165) is 24.3 Å². The van der Waals surface area contributed by atoms with Gasteiger partial charge in [0.15, 0.2) is 0 Å². The van der Waals surface area contributed by atoms with Gasteiger partial charge in [-0.15, -0.1) is 0 Å². The largest absolute Gasteiger partial charge is 0.492 e. The van der Waals surface area contributed by atoms with Crippen molar-refractivity contribution in [3.63, 3.8) is 0 Å². The standard InChI is InChI=1S/C20H16F4N2O4/c1-2-28-16-6-4-3-5-15(16)26-18(27)13(11-25)9-12-7-8-14(29-19(21)22)10-17(12)30-20(23)24/h3-10,19-20H,2H2,1H3,(H,26,27)/b13-9+. The third-order valence-electron chi connectivity index (χ3n) is 3.53. The highest BCUT2D eigenvalue weighted by atomic mass is 19.3. The summed E-state index contributed by atoms with van der Waals surface area (Å²) in [7, 11) is 0. The number of ether oxygens (including phenoxy) is 3. The van der Waals surface area contributed by atoms with E-state index in [4.69, 9.17) is 4.74 Å². The van der Waals surface area contributed by atoms with E-state index >= 15 is 0 Å². The Bertz CT molecular complexity index is 958. The fourth-order valence-corrected chi connectivity index (χ4v) is 2.35. The molecule has 0 radical (unpaired) electrons. The summed E-state index contributed by atoms with van der Waals surface area (Å²) in [5.41, 5.74) is -0.250. The predicted octanol–water partition coefficient (Wildman–Crippen LogP) is 4.83. The fourth-order valence-electron chi connectivity index (χ4n) is 2.35. The zero-order valence-corrected chi connectivity index (χ0v) is 15.6. The smallest absolute Gasteiger partial charge is 0.387 e. The number of benzene rings is 2. The van der Waals surface area contributed by atoms with Gasteiger partial charge in [0.25, 0.3) is 5.91 Å². The molecule has 10 heteroatoms. The lowest BCUT2D eigenvalue weighted by atomic mass is 10.1. The molecule has 0 atom stereocenters. The number of amides is 1. The molecule has 0 saturated heterocycles. The molecule has 0 saturated carbocycles. The Kier molecular flexibility index (Phi) is 8.05. The molecule has 30 heavy (non-hydrogen) atoms. The molecular formula is C20H16F4N2O4. The highest BCUT2D eigenvalue weighted by molar-refractivity contribution is 6.10. The first-order valence-corrected chi connectivity index (χ1v) is 8.52. The normalized spacial score (nSPS) is 11.2. The Labute approximate surface area is 169 Å². The van der Waals surface area contributed by atoms with Gasteiger partial charge in [0.2, 0.25) is 0 Å². The van der Waals surface area contributed by atoms with Crippen LogP contribution in [0.4, 0.5) is 23.2 Å². The molecule has 6 nitrogen and oxygen atoms in total. The number of halogens is 4. The lowest BCUT2D eigenvalue weighted by molar-refractivity contribution is -0.112. The number of rotatable bonds is 9. The fraction of sp³-hybridized carbons (Fsp3) is 0.200. The molecule has 2 aromatic carbocycles. The summed E-state index contributed by atoms with van der Waals surface area (Å²) in [6.07, 6.45) is 0.989. The summed E-state index contributed by atoms with van der Waals surface area (Å²) in [6, 6.07) is 11.1. The van der Waals surface area contributed by atoms with Crippen LogP contribution in [0, 0.1) is 11.3 Å². The van der Waals surface area contributed by atoms with Crippen LogP contribution in [0.15, 0.2) is 48.0 Å². The minimum Gasteiger partial charge on any atom is -0.492 e. The lowest BCUT2D eigenvalue weighted by Crippen LogP contribution is -2.14. The molecule has 1 amide bonds. The van der Waals surface area contributed by atoms with Crippen LogP contribution in [0.1, 0.15) is 12.5 Å². The molecule has 0 aliphatic carbocycles. The highest BCUT2D eigenvalue weighted by Gasteiger charge is 2.16. The van der Waals surface area contributed by atoms with Gasteiger partial charge < -0.3 is 19.5 Å². The summed E-state index contributed by atoms with van der Waals surface area (Å²) in [5, 5.41) is 11.8. The molecule has 0 aliphatic rings. The first-order valence-electron chi connectivity index (χ1n) is 8.52. The molecule has 0 fully saturated rings. The molecule has 158 valence electrons. The van der Waals surface area contributed by atoms with E-state index in [9.17, 15) is 27.6 Å². The number of nitrogens with zero attached hydrogens (tertiary/aromatic N) is 1. The molecule has 2 rings (SSSR count). The molecule has 0 heterocycles. The summed E-state index contributed by atoms with van der Waals surface area (Å²) < 4.78 is 63.9. The number of para-hydroxylation sites is 2. The van der Waals surface area contributed by atoms with Crippen molar-refractivity contribution in [2.45, 2.75) is 20.1 Å². The van der Waals surface area contributed by atoms with Crippen molar-refractivity contribution in [3.05, 3.63) is 53.6 Å². The van der Waals surface area contributed by atoms with E-state index in [-0.39, 0.29) is 5.56 Å². The number of alkyl halides is 4. The van der Waals surface area contributed by atoms with E-state index in [1.54, 1.807) is 37.3 Å². The topological polar surface area (TPSA) is 80.6 Å². The minimum atomic E-state index is -3.27. The monoisotopic (exact) mass is 424 g/mol. The second-order valence-electron chi connectivity index (χ2n) is 5.51. The number of anilines is 1. The van der Waals surface area contributed by atoms with E-state index in [0.29, 0.717) is 18.0 Å². The number of nitriles is 1. The molecule has 0 aliphatic heterocycles. The molecule has 2 aromatic rings. The Balaban J connectivity index is 2.34. The number of hydrogen-bond donors (Lipinski definition) is 1. The van der Waals surface area contributed by atoms with Crippen molar-refractivity contribution in [2.75, 3.05) is 11.9 Å². The summed E-state index contributed by atoms with van der Waals surface area (Å²) in [6.45, 7) is -4.34.